The lowest BCUT2D eigenvalue weighted by molar-refractivity contribution is -0.385. The maximum absolute atomic E-state index is 10.9. The molecule has 0 spiro atoms. The summed E-state index contributed by atoms with van der Waals surface area (Å²) >= 11 is 5.99. The molecule has 108 valence electrons. The first-order chi connectivity index (χ1) is 10.1. The van der Waals surface area contributed by atoms with E-state index in [1.54, 1.807) is 36.4 Å². The zero-order valence-corrected chi connectivity index (χ0v) is 11.9. The molecular formula is C14H12ClN3O3. The molecule has 1 N–H and O–H groups in total. The van der Waals surface area contributed by atoms with Gasteiger partial charge in [-0.15, -0.1) is 0 Å². The fourth-order valence-electron chi connectivity index (χ4n) is 1.68. The molecule has 0 aliphatic rings. The Kier molecular flexibility index (Phi) is 4.73. The second kappa shape index (κ2) is 6.71. The number of hydrogen-bond donors (Lipinski definition) is 1. The molecule has 0 heterocycles. The Hall–Kier alpha value is -2.60. The number of hydrazone groups is 1. The van der Waals surface area contributed by atoms with Crippen molar-refractivity contribution < 1.29 is 9.66 Å². The van der Waals surface area contributed by atoms with Crippen molar-refractivity contribution in [1.82, 2.24) is 0 Å². The number of ether oxygens (including phenoxy) is 1. The molecule has 6 nitrogen and oxygen atoms in total. The number of nitro groups is 1. The molecule has 0 aromatic heterocycles. The number of methoxy groups -OCH3 is 1. The zero-order valence-electron chi connectivity index (χ0n) is 11.1. The minimum atomic E-state index is -0.453. The lowest BCUT2D eigenvalue weighted by Gasteiger charge is -2.05. The highest BCUT2D eigenvalue weighted by Crippen LogP contribution is 2.27. The lowest BCUT2D eigenvalue weighted by atomic mass is 10.2. The highest BCUT2D eigenvalue weighted by molar-refractivity contribution is 6.32. The van der Waals surface area contributed by atoms with Crippen molar-refractivity contribution in [3.8, 4) is 5.75 Å². The average Bonchev–Trinajstić information content (AvgIpc) is 2.48. The largest absolute Gasteiger partial charge is 0.495 e. The van der Waals surface area contributed by atoms with Crippen LogP contribution < -0.4 is 10.2 Å². The van der Waals surface area contributed by atoms with Crippen molar-refractivity contribution >= 4 is 29.2 Å². The van der Waals surface area contributed by atoms with Crippen LogP contribution in [0.5, 0.6) is 5.75 Å². The van der Waals surface area contributed by atoms with Crippen molar-refractivity contribution in [3.05, 3.63) is 63.2 Å². The normalized spacial score (nSPS) is 10.6. The molecule has 21 heavy (non-hydrogen) atoms. The fraction of sp³-hybridized carbons (Fsp3) is 0.0714. The Balaban J connectivity index is 2.13. The number of nitro benzene ring substituents is 1. The highest BCUT2D eigenvalue weighted by atomic mass is 35.5. The van der Waals surface area contributed by atoms with E-state index in [4.69, 9.17) is 16.3 Å². The fourth-order valence-corrected chi connectivity index (χ4v) is 1.93. The summed E-state index contributed by atoms with van der Waals surface area (Å²) in [6.07, 6.45) is 1.39. The van der Waals surface area contributed by atoms with Crippen molar-refractivity contribution in [1.29, 1.82) is 0 Å². The van der Waals surface area contributed by atoms with Crippen LogP contribution in [-0.4, -0.2) is 18.2 Å². The second-order valence-corrected chi connectivity index (χ2v) is 4.44. The number of anilines is 1. The first kappa shape index (κ1) is 14.8. The molecule has 0 saturated carbocycles. The maximum atomic E-state index is 10.9. The third-order valence-electron chi connectivity index (χ3n) is 2.68. The topological polar surface area (TPSA) is 76.8 Å². The third kappa shape index (κ3) is 3.70. The summed E-state index contributed by atoms with van der Waals surface area (Å²) in [7, 11) is 1.53. The summed E-state index contributed by atoms with van der Waals surface area (Å²) < 4.78 is 5.04. The van der Waals surface area contributed by atoms with Gasteiger partial charge in [-0.3, -0.25) is 15.5 Å². The predicted molar refractivity (Wildman–Crippen MR) is 82.3 cm³/mol. The summed E-state index contributed by atoms with van der Waals surface area (Å²) in [4.78, 5) is 10.4. The number of halogens is 1. The molecule has 0 amide bonds. The van der Waals surface area contributed by atoms with Gasteiger partial charge in [-0.1, -0.05) is 23.7 Å². The van der Waals surface area contributed by atoms with Crippen molar-refractivity contribution in [2.75, 3.05) is 12.5 Å². The number of nitrogens with one attached hydrogen (secondary N) is 1. The first-order valence-electron chi connectivity index (χ1n) is 5.98. The Bertz CT molecular complexity index is 689. The van der Waals surface area contributed by atoms with Gasteiger partial charge in [0.2, 0.25) is 0 Å². The van der Waals surface area contributed by atoms with E-state index in [2.05, 4.69) is 10.5 Å². The van der Waals surface area contributed by atoms with E-state index < -0.39 is 4.92 Å². The van der Waals surface area contributed by atoms with Crippen LogP contribution in [0.15, 0.2) is 47.6 Å². The Morgan fingerprint density at radius 1 is 1.33 bits per heavy atom. The molecule has 0 fully saturated rings. The van der Waals surface area contributed by atoms with E-state index in [9.17, 15) is 10.1 Å². The van der Waals surface area contributed by atoms with Gasteiger partial charge in [0.15, 0.2) is 0 Å². The summed E-state index contributed by atoms with van der Waals surface area (Å²) in [5.74, 6) is 0.560. The molecule has 7 heteroatoms. The molecule has 2 aromatic rings. The van der Waals surface area contributed by atoms with Gasteiger partial charge in [-0.25, -0.2) is 0 Å². The SMILES string of the molecule is COc1ccc(N/N=C/c2ccccc2[N+](=O)[O-])cc1Cl. The number of hydrogen-bond acceptors (Lipinski definition) is 5. The van der Waals surface area contributed by atoms with Gasteiger partial charge in [0.1, 0.15) is 5.75 Å². The van der Waals surface area contributed by atoms with E-state index in [0.717, 1.165) is 0 Å². The van der Waals surface area contributed by atoms with E-state index in [1.165, 1.54) is 19.4 Å². The number of rotatable bonds is 5. The minimum absolute atomic E-state index is 0.00388. The molecule has 0 aliphatic carbocycles. The molecule has 2 aromatic carbocycles. The van der Waals surface area contributed by atoms with Crippen molar-refractivity contribution in [3.63, 3.8) is 0 Å². The van der Waals surface area contributed by atoms with Crippen LogP contribution in [0, 0.1) is 10.1 Å². The minimum Gasteiger partial charge on any atom is -0.495 e. The second-order valence-electron chi connectivity index (χ2n) is 4.04. The average molecular weight is 306 g/mol. The first-order valence-corrected chi connectivity index (χ1v) is 6.35. The highest BCUT2D eigenvalue weighted by Gasteiger charge is 2.09. The Labute approximate surface area is 126 Å². The van der Waals surface area contributed by atoms with Crippen LogP contribution in [0.1, 0.15) is 5.56 Å². The number of benzene rings is 2. The van der Waals surface area contributed by atoms with Crippen molar-refractivity contribution in [2.45, 2.75) is 0 Å². The lowest BCUT2D eigenvalue weighted by Crippen LogP contribution is -1.96. The summed E-state index contributed by atoms with van der Waals surface area (Å²) in [5, 5.41) is 15.3. The third-order valence-corrected chi connectivity index (χ3v) is 2.98. The number of nitrogens with zero attached hydrogens (tertiary/aromatic N) is 2. The quantitative estimate of drug-likeness (QED) is 0.519. The predicted octanol–water partition coefficient (Wildman–Crippen LogP) is 3.70. The van der Waals surface area contributed by atoms with Gasteiger partial charge in [-0.05, 0) is 24.3 Å². The smallest absolute Gasteiger partial charge is 0.278 e. The molecule has 0 unspecified atom stereocenters. The molecular weight excluding hydrogens is 294 g/mol. The molecule has 2 rings (SSSR count). The molecule has 0 aliphatic heterocycles. The van der Waals surface area contributed by atoms with Crippen LogP contribution in [0.2, 0.25) is 5.02 Å². The van der Waals surface area contributed by atoms with Crippen LogP contribution in [0.25, 0.3) is 0 Å². The van der Waals surface area contributed by atoms with Gasteiger partial charge in [0.25, 0.3) is 5.69 Å². The Morgan fingerprint density at radius 2 is 2.10 bits per heavy atom. The zero-order chi connectivity index (χ0) is 15.2. The standard InChI is InChI=1S/C14H12ClN3O3/c1-21-14-7-6-11(8-12(14)15)17-16-9-10-4-2-3-5-13(10)18(19)20/h2-9,17H,1H3/b16-9+. The van der Waals surface area contributed by atoms with E-state index >= 15 is 0 Å². The van der Waals surface area contributed by atoms with Gasteiger partial charge in [0.05, 0.1) is 34.5 Å². The molecule has 0 bridgehead atoms. The van der Waals surface area contributed by atoms with Crippen LogP contribution in [0.4, 0.5) is 11.4 Å². The molecule has 0 radical (unpaired) electrons. The summed E-state index contributed by atoms with van der Waals surface area (Å²) in [5.41, 5.74) is 3.81. The summed E-state index contributed by atoms with van der Waals surface area (Å²) in [6, 6.07) is 11.4. The van der Waals surface area contributed by atoms with Crippen LogP contribution in [0.3, 0.4) is 0 Å². The Morgan fingerprint density at radius 3 is 2.76 bits per heavy atom. The maximum Gasteiger partial charge on any atom is 0.278 e. The monoisotopic (exact) mass is 305 g/mol. The van der Waals surface area contributed by atoms with Gasteiger partial charge in [-0.2, -0.15) is 5.10 Å². The van der Waals surface area contributed by atoms with Crippen LogP contribution >= 0.6 is 11.6 Å². The van der Waals surface area contributed by atoms with Crippen LogP contribution in [-0.2, 0) is 0 Å². The molecule has 0 atom stereocenters. The summed E-state index contributed by atoms with van der Waals surface area (Å²) in [6.45, 7) is 0. The molecule has 0 saturated heterocycles. The van der Waals surface area contributed by atoms with Crippen molar-refractivity contribution in [2.24, 2.45) is 5.10 Å². The van der Waals surface area contributed by atoms with Gasteiger partial charge in [0, 0.05) is 6.07 Å². The van der Waals surface area contributed by atoms with E-state index in [-0.39, 0.29) is 5.69 Å². The van der Waals surface area contributed by atoms with Gasteiger partial charge < -0.3 is 4.74 Å². The van der Waals surface area contributed by atoms with E-state index in [0.29, 0.717) is 22.0 Å². The van der Waals surface area contributed by atoms with E-state index in [1.807, 2.05) is 0 Å². The van der Waals surface area contributed by atoms with Gasteiger partial charge >= 0.3 is 0 Å². The number of para-hydroxylation sites is 1.